The Balaban J connectivity index is 2.02. The van der Waals surface area contributed by atoms with Crippen molar-refractivity contribution in [3.05, 3.63) is 42.2 Å². The largest absolute Gasteiger partial charge is 0.446 e. The van der Waals surface area contributed by atoms with Gasteiger partial charge in [-0.3, -0.25) is 4.68 Å². The second-order valence-electron chi connectivity index (χ2n) is 5.22. The maximum absolute atomic E-state index is 12.5. The molecule has 5 nitrogen and oxygen atoms in total. The molecule has 9 heteroatoms. The number of thioether (sulfide) groups is 1. The number of nitrogens with zero attached hydrogens (tertiary/aromatic N) is 3. The summed E-state index contributed by atoms with van der Waals surface area (Å²) in [6.07, 6.45) is 3.55. The van der Waals surface area contributed by atoms with Crippen molar-refractivity contribution >= 4 is 23.5 Å². The Morgan fingerprint density at radius 2 is 2.12 bits per heavy atom. The number of aromatic nitrogens is 2. The monoisotopic (exact) mass is 372 g/mol. The molecule has 1 N–H and O–H groups in total. The number of nitrogens with one attached hydrogen (secondary N) is 1. The fraction of sp³-hybridized carbons (Fsp3) is 0.375. The second kappa shape index (κ2) is 8.28. The van der Waals surface area contributed by atoms with Crippen molar-refractivity contribution in [3.8, 4) is 0 Å². The zero-order valence-electron chi connectivity index (χ0n) is 13.9. The molecule has 2 aromatic rings. The first-order valence-electron chi connectivity index (χ1n) is 7.73. The summed E-state index contributed by atoms with van der Waals surface area (Å²) in [6.45, 7) is 5.37. The number of rotatable bonds is 6. The number of carbonyl (C=O) groups is 1. The fourth-order valence-corrected chi connectivity index (χ4v) is 2.78. The average molecular weight is 372 g/mol. The lowest BCUT2D eigenvalue weighted by Gasteiger charge is -2.21. The van der Waals surface area contributed by atoms with Gasteiger partial charge >= 0.3 is 11.5 Å². The van der Waals surface area contributed by atoms with E-state index in [1.54, 1.807) is 21.8 Å². The van der Waals surface area contributed by atoms with Crippen LogP contribution in [0.2, 0.25) is 0 Å². The second-order valence-corrected chi connectivity index (χ2v) is 6.36. The molecule has 0 saturated carbocycles. The van der Waals surface area contributed by atoms with Gasteiger partial charge in [0.05, 0.1) is 12.7 Å². The van der Waals surface area contributed by atoms with Crippen LogP contribution in [0, 0.1) is 0 Å². The van der Waals surface area contributed by atoms with Crippen molar-refractivity contribution in [1.82, 2.24) is 14.7 Å². The Labute approximate surface area is 148 Å². The van der Waals surface area contributed by atoms with E-state index in [2.05, 4.69) is 10.4 Å². The molecule has 0 aliphatic carbocycles. The van der Waals surface area contributed by atoms with Crippen LogP contribution in [-0.2, 0) is 13.1 Å². The Hall–Kier alpha value is -2.16. The Morgan fingerprint density at radius 1 is 1.36 bits per heavy atom. The minimum atomic E-state index is -4.36. The quantitative estimate of drug-likeness (QED) is 0.756. The molecular formula is C16H19F3N4OS. The molecule has 1 aromatic carbocycles. The van der Waals surface area contributed by atoms with E-state index in [4.69, 9.17) is 0 Å². The lowest BCUT2D eigenvalue weighted by atomic mass is 10.3. The Morgan fingerprint density at radius 3 is 2.72 bits per heavy atom. The Kier molecular flexibility index (Phi) is 6.35. The first-order chi connectivity index (χ1) is 11.8. The highest BCUT2D eigenvalue weighted by molar-refractivity contribution is 8.00. The number of hydrogen-bond acceptors (Lipinski definition) is 3. The van der Waals surface area contributed by atoms with Gasteiger partial charge in [-0.25, -0.2) is 4.79 Å². The molecule has 1 heterocycles. The number of benzene rings is 1. The lowest BCUT2D eigenvalue weighted by molar-refractivity contribution is -0.0328. The van der Waals surface area contributed by atoms with Crippen molar-refractivity contribution in [1.29, 1.82) is 0 Å². The van der Waals surface area contributed by atoms with Gasteiger partial charge in [0.25, 0.3) is 0 Å². The summed E-state index contributed by atoms with van der Waals surface area (Å²) < 4.78 is 39.1. The highest BCUT2D eigenvalue weighted by Crippen LogP contribution is 2.37. The number of halogens is 3. The molecular weight excluding hydrogens is 353 g/mol. The highest BCUT2D eigenvalue weighted by atomic mass is 32.2. The molecule has 0 bridgehead atoms. The zero-order valence-corrected chi connectivity index (χ0v) is 14.7. The average Bonchev–Trinajstić information content (AvgIpc) is 2.99. The fourth-order valence-electron chi connectivity index (χ4n) is 2.18. The molecule has 0 spiro atoms. The summed E-state index contributed by atoms with van der Waals surface area (Å²) in [7, 11) is 0. The van der Waals surface area contributed by atoms with E-state index in [-0.39, 0.29) is 22.7 Å². The molecule has 2 rings (SSSR count). The number of carbonyl (C=O) groups excluding carboxylic acids is 1. The molecule has 25 heavy (non-hydrogen) atoms. The van der Waals surface area contributed by atoms with Crippen LogP contribution in [0.4, 0.5) is 23.7 Å². The first-order valence-corrected chi connectivity index (χ1v) is 8.55. The molecule has 0 radical (unpaired) electrons. The number of hydrogen-bond donors (Lipinski definition) is 1. The van der Waals surface area contributed by atoms with Crippen LogP contribution < -0.4 is 5.32 Å². The molecule has 1 aromatic heterocycles. The van der Waals surface area contributed by atoms with Crippen LogP contribution in [0.1, 0.15) is 19.4 Å². The van der Waals surface area contributed by atoms with Gasteiger partial charge in [-0.2, -0.15) is 18.3 Å². The Bertz CT molecular complexity index is 717. The number of aryl methyl sites for hydroxylation is 1. The van der Waals surface area contributed by atoms with Crippen LogP contribution in [-0.4, -0.2) is 32.8 Å². The van der Waals surface area contributed by atoms with Crippen molar-refractivity contribution in [2.45, 2.75) is 37.3 Å². The predicted molar refractivity (Wildman–Crippen MR) is 91.4 cm³/mol. The normalized spacial score (nSPS) is 11.4. The van der Waals surface area contributed by atoms with Crippen LogP contribution in [0.3, 0.4) is 0 Å². The summed E-state index contributed by atoms with van der Waals surface area (Å²) in [5.74, 6) is 0. The SMILES string of the molecule is CCN(Cc1cnn(CC)c1)C(=O)Nc1cccc(SC(F)(F)F)c1. The van der Waals surface area contributed by atoms with Gasteiger partial charge in [0.15, 0.2) is 0 Å². The minimum Gasteiger partial charge on any atom is -0.320 e. The molecule has 0 saturated heterocycles. The summed E-state index contributed by atoms with van der Waals surface area (Å²) in [5, 5.41) is 6.80. The smallest absolute Gasteiger partial charge is 0.320 e. The predicted octanol–water partition coefficient (Wildman–Crippen LogP) is 4.57. The maximum Gasteiger partial charge on any atom is 0.446 e. The van der Waals surface area contributed by atoms with E-state index in [1.165, 1.54) is 18.2 Å². The summed E-state index contributed by atoms with van der Waals surface area (Å²) in [6, 6.07) is 5.32. The van der Waals surface area contributed by atoms with Gasteiger partial charge in [-0.1, -0.05) is 6.07 Å². The van der Waals surface area contributed by atoms with Gasteiger partial charge in [0.2, 0.25) is 0 Å². The molecule has 0 fully saturated rings. The van der Waals surface area contributed by atoms with E-state index < -0.39 is 5.51 Å². The first kappa shape index (κ1) is 19.2. The van der Waals surface area contributed by atoms with Gasteiger partial charge in [0.1, 0.15) is 0 Å². The van der Waals surface area contributed by atoms with Gasteiger partial charge in [0, 0.05) is 35.4 Å². The van der Waals surface area contributed by atoms with Crippen molar-refractivity contribution < 1.29 is 18.0 Å². The molecule has 0 aliphatic rings. The van der Waals surface area contributed by atoms with Crippen molar-refractivity contribution in [2.75, 3.05) is 11.9 Å². The van der Waals surface area contributed by atoms with Crippen LogP contribution >= 0.6 is 11.8 Å². The molecule has 0 unspecified atom stereocenters. The minimum absolute atomic E-state index is 0.0255. The number of alkyl halides is 3. The standard InChI is InChI=1S/C16H19F3N4OS/c1-3-22(10-12-9-20-23(4-2)11-12)15(24)21-13-6-5-7-14(8-13)25-16(17,18)19/h5-9,11H,3-4,10H2,1-2H3,(H,21,24). The van der Waals surface area contributed by atoms with E-state index in [1.807, 2.05) is 20.0 Å². The van der Waals surface area contributed by atoms with Gasteiger partial charge in [-0.05, 0) is 43.8 Å². The van der Waals surface area contributed by atoms with Gasteiger partial charge < -0.3 is 10.2 Å². The molecule has 0 atom stereocenters. The third-order valence-corrected chi connectivity index (χ3v) is 4.09. The van der Waals surface area contributed by atoms with Crippen molar-refractivity contribution in [3.63, 3.8) is 0 Å². The maximum atomic E-state index is 12.5. The zero-order chi connectivity index (χ0) is 18.4. The van der Waals surface area contributed by atoms with E-state index in [0.717, 1.165) is 12.1 Å². The van der Waals surface area contributed by atoms with Crippen LogP contribution in [0.15, 0.2) is 41.6 Å². The van der Waals surface area contributed by atoms with E-state index >= 15 is 0 Å². The molecule has 2 amide bonds. The third-order valence-electron chi connectivity index (χ3n) is 3.37. The summed E-state index contributed by atoms with van der Waals surface area (Å²) in [4.78, 5) is 14.0. The number of amides is 2. The highest BCUT2D eigenvalue weighted by Gasteiger charge is 2.29. The number of urea groups is 1. The molecule has 0 aliphatic heterocycles. The third kappa shape index (κ3) is 6.00. The summed E-state index contributed by atoms with van der Waals surface area (Å²) >= 11 is -0.212. The summed E-state index contributed by atoms with van der Waals surface area (Å²) in [5.41, 5.74) is -3.15. The van der Waals surface area contributed by atoms with Gasteiger partial charge in [-0.15, -0.1) is 0 Å². The topological polar surface area (TPSA) is 50.2 Å². The van der Waals surface area contributed by atoms with E-state index in [0.29, 0.717) is 18.8 Å². The van der Waals surface area contributed by atoms with Crippen LogP contribution in [0.25, 0.3) is 0 Å². The van der Waals surface area contributed by atoms with E-state index in [9.17, 15) is 18.0 Å². The lowest BCUT2D eigenvalue weighted by Crippen LogP contribution is -2.34. The van der Waals surface area contributed by atoms with Crippen LogP contribution in [0.5, 0.6) is 0 Å². The van der Waals surface area contributed by atoms with Crippen molar-refractivity contribution in [2.24, 2.45) is 0 Å². The number of anilines is 1. The molecule has 136 valence electrons.